The van der Waals surface area contributed by atoms with Gasteiger partial charge in [0.05, 0.1) is 19.1 Å². The molecule has 0 aliphatic carbocycles. The zero-order chi connectivity index (χ0) is 18.2. The van der Waals surface area contributed by atoms with E-state index in [4.69, 9.17) is 9.47 Å². The van der Waals surface area contributed by atoms with Crippen LogP contribution in [0.25, 0.3) is 0 Å². The maximum absolute atomic E-state index is 12.8. The molecule has 1 heterocycles. The van der Waals surface area contributed by atoms with E-state index in [9.17, 15) is 14.7 Å². The summed E-state index contributed by atoms with van der Waals surface area (Å²) >= 11 is 0. The second-order valence-electron chi connectivity index (χ2n) is 6.29. The number of carboxylic acid groups (broad SMARTS) is 1. The monoisotopic (exact) mass is 349 g/mol. The fraction of sp³-hybridized carbons (Fsp3) is 0.579. The molecule has 0 aromatic heterocycles. The lowest BCUT2D eigenvalue weighted by Gasteiger charge is -2.31. The van der Waals surface area contributed by atoms with Gasteiger partial charge in [-0.15, -0.1) is 0 Å². The number of piperidine rings is 1. The van der Waals surface area contributed by atoms with E-state index >= 15 is 0 Å². The molecule has 1 fully saturated rings. The number of aliphatic carboxylic acids is 1. The number of carboxylic acids is 1. The highest BCUT2D eigenvalue weighted by Gasteiger charge is 2.29. The number of nitrogens with zero attached hydrogens (tertiary/aromatic N) is 1. The molecule has 6 heteroatoms. The van der Waals surface area contributed by atoms with Gasteiger partial charge in [0.15, 0.2) is 11.5 Å². The summed E-state index contributed by atoms with van der Waals surface area (Å²) in [5, 5.41) is 9.19. The molecule has 1 amide bonds. The zero-order valence-electron chi connectivity index (χ0n) is 15.0. The summed E-state index contributed by atoms with van der Waals surface area (Å²) < 4.78 is 11.4. The molecule has 6 nitrogen and oxygen atoms in total. The minimum Gasteiger partial charge on any atom is -0.490 e. The lowest BCUT2D eigenvalue weighted by molar-refractivity contribution is -0.143. The van der Waals surface area contributed by atoms with Crippen LogP contribution in [0.15, 0.2) is 18.2 Å². The van der Waals surface area contributed by atoms with Crippen molar-refractivity contribution < 1.29 is 24.2 Å². The fourth-order valence-electron chi connectivity index (χ4n) is 2.84. The standard InChI is InChI=1S/C19H27NO5/c1-3-10-24-16-8-7-14(12-17(16)25-11-4-2)18(21)20-9-5-6-15(13-20)19(22)23/h7-8,12,15H,3-6,9-11,13H2,1-2H3,(H,22,23). The molecule has 0 radical (unpaired) electrons. The molecule has 1 aromatic carbocycles. The van der Waals surface area contributed by atoms with Gasteiger partial charge in [-0.1, -0.05) is 13.8 Å². The predicted octanol–water partition coefficient (Wildman–Crippen LogP) is 3.20. The van der Waals surface area contributed by atoms with Crippen molar-refractivity contribution in [3.05, 3.63) is 23.8 Å². The maximum Gasteiger partial charge on any atom is 0.308 e. The van der Waals surface area contributed by atoms with E-state index in [-0.39, 0.29) is 12.5 Å². The maximum atomic E-state index is 12.8. The third-order valence-electron chi connectivity index (χ3n) is 4.17. The minimum absolute atomic E-state index is 0.158. The van der Waals surface area contributed by atoms with Crippen molar-refractivity contribution in [1.29, 1.82) is 0 Å². The first-order valence-corrected chi connectivity index (χ1v) is 8.98. The van der Waals surface area contributed by atoms with Crippen LogP contribution in [-0.4, -0.2) is 48.2 Å². The number of ether oxygens (including phenoxy) is 2. The van der Waals surface area contributed by atoms with E-state index in [1.807, 2.05) is 13.8 Å². The molecule has 1 N–H and O–H groups in total. The van der Waals surface area contributed by atoms with Crippen molar-refractivity contribution in [3.63, 3.8) is 0 Å². The van der Waals surface area contributed by atoms with Crippen LogP contribution in [0.1, 0.15) is 49.9 Å². The molecule has 1 unspecified atom stereocenters. The summed E-state index contributed by atoms with van der Waals surface area (Å²) in [5.41, 5.74) is 0.501. The van der Waals surface area contributed by atoms with E-state index in [0.29, 0.717) is 49.7 Å². The van der Waals surface area contributed by atoms with Crippen LogP contribution >= 0.6 is 0 Å². The van der Waals surface area contributed by atoms with Gasteiger partial charge in [0.2, 0.25) is 0 Å². The quantitative estimate of drug-likeness (QED) is 0.780. The molecule has 1 aromatic rings. The lowest BCUT2D eigenvalue weighted by Crippen LogP contribution is -2.42. The fourth-order valence-corrected chi connectivity index (χ4v) is 2.84. The van der Waals surface area contributed by atoms with Gasteiger partial charge in [-0.05, 0) is 43.9 Å². The van der Waals surface area contributed by atoms with E-state index in [0.717, 1.165) is 12.8 Å². The van der Waals surface area contributed by atoms with E-state index < -0.39 is 11.9 Å². The summed E-state index contributed by atoms with van der Waals surface area (Å²) in [5.74, 6) is -0.287. The van der Waals surface area contributed by atoms with Gasteiger partial charge in [-0.25, -0.2) is 0 Å². The molecule has 138 valence electrons. The van der Waals surface area contributed by atoms with E-state index in [2.05, 4.69) is 0 Å². The number of benzene rings is 1. The van der Waals surface area contributed by atoms with Crippen LogP contribution in [0, 0.1) is 5.92 Å². The summed E-state index contributed by atoms with van der Waals surface area (Å²) in [7, 11) is 0. The van der Waals surface area contributed by atoms with E-state index in [1.165, 1.54) is 0 Å². The highest BCUT2D eigenvalue weighted by atomic mass is 16.5. The number of carbonyl (C=O) groups is 2. The molecule has 1 saturated heterocycles. The Labute approximate surface area is 148 Å². The largest absolute Gasteiger partial charge is 0.490 e. The van der Waals surface area contributed by atoms with Crippen LogP contribution in [0.4, 0.5) is 0 Å². The molecular weight excluding hydrogens is 322 g/mol. The Morgan fingerprint density at radius 3 is 2.48 bits per heavy atom. The average molecular weight is 349 g/mol. The minimum atomic E-state index is -0.840. The molecule has 1 aliphatic rings. The molecule has 0 saturated carbocycles. The van der Waals surface area contributed by atoms with Gasteiger partial charge in [0, 0.05) is 18.7 Å². The van der Waals surface area contributed by atoms with Crippen LogP contribution in [0.5, 0.6) is 11.5 Å². The van der Waals surface area contributed by atoms with Gasteiger partial charge in [-0.2, -0.15) is 0 Å². The lowest BCUT2D eigenvalue weighted by atomic mass is 9.97. The Kier molecular flexibility index (Phi) is 7.10. The Morgan fingerprint density at radius 1 is 1.16 bits per heavy atom. The van der Waals surface area contributed by atoms with Crippen molar-refractivity contribution in [1.82, 2.24) is 4.90 Å². The summed E-state index contributed by atoms with van der Waals surface area (Å²) in [4.78, 5) is 25.6. The number of likely N-dealkylation sites (tertiary alicyclic amines) is 1. The second-order valence-corrected chi connectivity index (χ2v) is 6.29. The van der Waals surface area contributed by atoms with Crippen molar-refractivity contribution >= 4 is 11.9 Å². The number of carbonyl (C=O) groups excluding carboxylic acids is 1. The third-order valence-corrected chi connectivity index (χ3v) is 4.17. The summed E-state index contributed by atoms with van der Waals surface area (Å²) in [6.45, 7) is 6.02. The van der Waals surface area contributed by atoms with Crippen LogP contribution in [-0.2, 0) is 4.79 Å². The molecule has 2 rings (SSSR count). The third kappa shape index (κ3) is 5.11. The first-order chi connectivity index (χ1) is 12.1. The first kappa shape index (κ1) is 19.1. The highest BCUT2D eigenvalue weighted by Crippen LogP contribution is 2.30. The number of amides is 1. The van der Waals surface area contributed by atoms with Gasteiger partial charge >= 0.3 is 5.97 Å². The number of hydrogen-bond donors (Lipinski definition) is 1. The highest BCUT2D eigenvalue weighted by molar-refractivity contribution is 5.95. The van der Waals surface area contributed by atoms with Crippen molar-refractivity contribution in [2.75, 3.05) is 26.3 Å². The Morgan fingerprint density at radius 2 is 1.84 bits per heavy atom. The molecular formula is C19H27NO5. The zero-order valence-corrected chi connectivity index (χ0v) is 15.0. The van der Waals surface area contributed by atoms with E-state index in [1.54, 1.807) is 23.1 Å². The smallest absolute Gasteiger partial charge is 0.308 e. The van der Waals surface area contributed by atoms with Gasteiger partial charge in [0.1, 0.15) is 0 Å². The molecule has 0 spiro atoms. The van der Waals surface area contributed by atoms with Crippen molar-refractivity contribution in [2.45, 2.75) is 39.5 Å². The van der Waals surface area contributed by atoms with Crippen molar-refractivity contribution in [2.24, 2.45) is 5.92 Å². The SMILES string of the molecule is CCCOc1ccc(C(=O)N2CCCC(C(=O)O)C2)cc1OCCC. The first-order valence-electron chi connectivity index (χ1n) is 8.98. The molecule has 0 bridgehead atoms. The van der Waals surface area contributed by atoms with Gasteiger partial charge in [0.25, 0.3) is 5.91 Å². The summed E-state index contributed by atoms with van der Waals surface area (Å²) in [6, 6.07) is 5.18. The van der Waals surface area contributed by atoms with Crippen LogP contribution in [0.3, 0.4) is 0 Å². The van der Waals surface area contributed by atoms with Gasteiger partial charge < -0.3 is 19.5 Å². The normalized spacial score (nSPS) is 17.2. The predicted molar refractivity (Wildman–Crippen MR) is 94.3 cm³/mol. The average Bonchev–Trinajstić information content (AvgIpc) is 2.64. The van der Waals surface area contributed by atoms with Crippen molar-refractivity contribution in [3.8, 4) is 11.5 Å². The van der Waals surface area contributed by atoms with Crippen LogP contribution in [0.2, 0.25) is 0 Å². The second kappa shape index (κ2) is 9.30. The molecule has 25 heavy (non-hydrogen) atoms. The van der Waals surface area contributed by atoms with Gasteiger partial charge in [-0.3, -0.25) is 9.59 Å². The van der Waals surface area contributed by atoms with Crippen LogP contribution < -0.4 is 9.47 Å². The Hall–Kier alpha value is -2.24. The number of hydrogen-bond acceptors (Lipinski definition) is 4. The summed E-state index contributed by atoms with van der Waals surface area (Å²) in [6.07, 6.45) is 3.07. The Bertz CT molecular complexity index is 601. The number of rotatable bonds is 8. The molecule has 1 atom stereocenters. The topological polar surface area (TPSA) is 76.1 Å². The molecule has 1 aliphatic heterocycles. The Balaban J connectivity index is 2.16.